The Labute approximate surface area is 153 Å². The molecule has 0 radical (unpaired) electrons. The Bertz CT molecular complexity index is 915. The van der Waals surface area contributed by atoms with Gasteiger partial charge in [0.1, 0.15) is 11.6 Å². The van der Waals surface area contributed by atoms with Gasteiger partial charge >= 0.3 is 6.18 Å². The van der Waals surface area contributed by atoms with Gasteiger partial charge in [0.15, 0.2) is 11.5 Å². The van der Waals surface area contributed by atoms with E-state index in [1.54, 1.807) is 24.3 Å². The Morgan fingerprint density at radius 3 is 2.41 bits per heavy atom. The van der Waals surface area contributed by atoms with Gasteiger partial charge in [-0.2, -0.15) is 18.4 Å². The monoisotopic (exact) mass is 376 g/mol. The van der Waals surface area contributed by atoms with Crippen LogP contribution < -0.4 is 14.8 Å². The van der Waals surface area contributed by atoms with E-state index in [-0.39, 0.29) is 11.3 Å². The number of nitrogens with one attached hydrogen (secondary N) is 1. The van der Waals surface area contributed by atoms with Crippen molar-refractivity contribution in [2.45, 2.75) is 6.18 Å². The van der Waals surface area contributed by atoms with Gasteiger partial charge in [0.25, 0.3) is 5.91 Å². The molecule has 5 nitrogen and oxygen atoms in total. The van der Waals surface area contributed by atoms with Gasteiger partial charge in [-0.05, 0) is 42.0 Å². The summed E-state index contributed by atoms with van der Waals surface area (Å²) in [6, 6.07) is 10.7. The maximum absolute atomic E-state index is 12.8. The number of nitrogens with zero attached hydrogens (tertiary/aromatic N) is 1. The molecule has 8 heteroatoms. The number of methoxy groups -OCH3 is 2. The number of halogens is 3. The number of ether oxygens (including phenoxy) is 2. The highest BCUT2D eigenvalue weighted by Crippen LogP contribution is 2.31. The van der Waals surface area contributed by atoms with Gasteiger partial charge in [-0.25, -0.2) is 0 Å². The summed E-state index contributed by atoms with van der Waals surface area (Å²) in [5, 5.41) is 11.5. The molecule has 1 amide bonds. The molecule has 0 saturated carbocycles. The number of anilines is 1. The second-order valence-corrected chi connectivity index (χ2v) is 5.32. The van der Waals surface area contributed by atoms with Crippen LogP contribution in [0.25, 0.3) is 6.08 Å². The SMILES string of the molecule is COc1ccc(/C=C(\C#N)C(=O)Nc2cccc(C(F)(F)F)c2)cc1OC. The van der Waals surface area contributed by atoms with Gasteiger partial charge in [-0.3, -0.25) is 4.79 Å². The highest BCUT2D eigenvalue weighted by Gasteiger charge is 2.30. The van der Waals surface area contributed by atoms with Crippen molar-refractivity contribution in [2.24, 2.45) is 0 Å². The second-order valence-electron chi connectivity index (χ2n) is 5.32. The number of carbonyl (C=O) groups is 1. The Kier molecular flexibility index (Phi) is 6.08. The summed E-state index contributed by atoms with van der Waals surface area (Å²) < 4.78 is 48.5. The number of hydrogen-bond donors (Lipinski definition) is 1. The van der Waals surface area contributed by atoms with Crippen molar-refractivity contribution in [3.8, 4) is 17.6 Å². The first-order chi connectivity index (χ1) is 12.8. The van der Waals surface area contributed by atoms with Crippen molar-refractivity contribution in [1.82, 2.24) is 0 Å². The zero-order chi connectivity index (χ0) is 20.0. The van der Waals surface area contributed by atoms with Gasteiger partial charge in [0.05, 0.1) is 19.8 Å². The van der Waals surface area contributed by atoms with E-state index >= 15 is 0 Å². The van der Waals surface area contributed by atoms with E-state index in [0.717, 1.165) is 12.1 Å². The van der Waals surface area contributed by atoms with Crippen LogP contribution in [0.2, 0.25) is 0 Å². The standard InChI is InChI=1S/C19H15F3N2O3/c1-26-16-7-6-12(9-17(16)27-2)8-13(11-23)18(25)24-15-5-3-4-14(10-15)19(20,21)22/h3-10H,1-2H3,(H,24,25)/b13-8+. The van der Waals surface area contributed by atoms with Crippen molar-refractivity contribution in [1.29, 1.82) is 5.26 Å². The fourth-order valence-electron chi connectivity index (χ4n) is 2.23. The van der Waals surface area contributed by atoms with Crippen molar-refractivity contribution in [3.05, 3.63) is 59.2 Å². The number of nitriles is 1. The van der Waals surface area contributed by atoms with Crippen LogP contribution in [-0.4, -0.2) is 20.1 Å². The zero-order valence-electron chi connectivity index (χ0n) is 14.4. The van der Waals surface area contributed by atoms with Crippen LogP contribution in [0.3, 0.4) is 0 Å². The molecule has 0 bridgehead atoms. The maximum Gasteiger partial charge on any atom is 0.416 e. The fraction of sp³-hybridized carbons (Fsp3) is 0.158. The minimum absolute atomic E-state index is 0.0664. The average Bonchev–Trinajstić information content (AvgIpc) is 2.65. The molecule has 2 aromatic rings. The molecule has 0 spiro atoms. The summed E-state index contributed by atoms with van der Waals surface area (Å²) in [5.74, 6) is 0.0509. The minimum Gasteiger partial charge on any atom is -0.493 e. The molecule has 27 heavy (non-hydrogen) atoms. The molecule has 0 saturated heterocycles. The quantitative estimate of drug-likeness (QED) is 0.625. The summed E-state index contributed by atoms with van der Waals surface area (Å²) in [7, 11) is 2.91. The Balaban J connectivity index is 2.26. The lowest BCUT2D eigenvalue weighted by Gasteiger charge is -2.10. The van der Waals surface area contributed by atoms with Crippen molar-refractivity contribution in [3.63, 3.8) is 0 Å². The van der Waals surface area contributed by atoms with Crippen LogP contribution in [0.1, 0.15) is 11.1 Å². The van der Waals surface area contributed by atoms with Crippen LogP contribution >= 0.6 is 0 Å². The highest BCUT2D eigenvalue weighted by molar-refractivity contribution is 6.09. The summed E-state index contributed by atoms with van der Waals surface area (Å²) in [5.41, 5.74) is -0.756. The van der Waals surface area contributed by atoms with E-state index in [0.29, 0.717) is 17.1 Å². The van der Waals surface area contributed by atoms with Crippen molar-refractivity contribution < 1.29 is 27.4 Å². The lowest BCUT2D eigenvalue weighted by Crippen LogP contribution is -2.14. The van der Waals surface area contributed by atoms with E-state index in [1.807, 2.05) is 0 Å². The molecule has 2 rings (SSSR count). The minimum atomic E-state index is -4.53. The molecule has 0 unspecified atom stereocenters. The summed E-state index contributed by atoms with van der Waals surface area (Å²) in [4.78, 5) is 12.2. The topological polar surface area (TPSA) is 71.3 Å². The van der Waals surface area contributed by atoms with Gasteiger partial charge in [-0.1, -0.05) is 12.1 Å². The molecule has 0 atom stereocenters. The van der Waals surface area contributed by atoms with Crippen LogP contribution in [0.15, 0.2) is 48.0 Å². The third-order valence-electron chi connectivity index (χ3n) is 3.53. The first-order valence-electron chi connectivity index (χ1n) is 7.61. The number of hydrogen-bond acceptors (Lipinski definition) is 4. The largest absolute Gasteiger partial charge is 0.493 e. The lowest BCUT2D eigenvalue weighted by atomic mass is 10.1. The normalized spacial score (nSPS) is 11.5. The summed E-state index contributed by atoms with van der Waals surface area (Å²) in [6.07, 6.45) is -3.24. The molecule has 0 aliphatic rings. The molecular formula is C19H15F3N2O3. The molecule has 140 valence electrons. The molecule has 0 heterocycles. The predicted molar refractivity (Wildman–Crippen MR) is 93.2 cm³/mol. The zero-order valence-corrected chi connectivity index (χ0v) is 14.4. The third kappa shape index (κ3) is 5.01. The molecule has 0 aliphatic carbocycles. The number of amides is 1. The van der Waals surface area contributed by atoms with Gasteiger partial charge in [0.2, 0.25) is 0 Å². The molecular weight excluding hydrogens is 361 g/mol. The Hall–Kier alpha value is -3.47. The van der Waals surface area contributed by atoms with E-state index in [1.165, 1.54) is 32.4 Å². The fourth-order valence-corrected chi connectivity index (χ4v) is 2.23. The Morgan fingerprint density at radius 2 is 1.81 bits per heavy atom. The van der Waals surface area contributed by atoms with Crippen LogP contribution in [0, 0.1) is 11.3 Å². The number of alkyl halides is 3. The van der Waals surface area contributed by atoms with Crippen molar-refractivity contribution >= 4 is 17.7 Å². The van der Waals surface area contributed by atoms with Crippen LogP contribution in [-0.2, 0) is 11.0 Å². The van der Waals surface area contributed by atoms with Crippen LogP contribution in [0.5, 0.6) is 11.5 Å². The maximum atomic E-state index is 12.8. The lowest BCUT2D eigenvalue weighted by molar-refractivity contribution is -0.137. The number of rotatable bonds is 5. The first kappa shape index (κ1) is 19.8. The van der Waals surface area contributed by atoms with Gasteiger partial charge in [-0.15, -0.1) is 0 Å². The smallest absolute Gasteiger partial charge is 0.416 e. The van der Waals surface area contributed by atoms with Crippen LogP contribution in [0.4, 0.5) is 18.9 Å². The molecule has 1 N–H and O–H groups in total. The predicted octanol–water partition coefficient (Wildman–Crippen LogP) is 4.27. The summed E-state index contributed by atoms with van der Waals surface area (Å²) >= 11 is 0. The average molecular weight is 376 g/mol. The second kappa shape index (κ2) is 8.27. The van der Waals surface area contributed by atoms with E-state index in [9.17, 15) is 23.2 Å². The van der Waals surface area contributed by atoms with Crippen molar-refractivity contribution in [2.75, 3.05) is 19.5 Å². The van der Waals surface area contributed by atoms with Gasteiger partial charge < -0.3 is 14.8 Å². The molecule has 2 aromatic carbocycles. The third-order valence-corrected chi connectivity index (χ3v) is 3.53. The molecule has 0 fully saturated rings. The highest BCUT2D eigenvalue weighted by atomic mass is 19.4. The summed E-state index contributed by atoms with van der Waals surface area (Å²) in [6.45, 7) is 0. The van der Waals surface area contributed by atoms with Gasteiger partial charge in [0, 0.05) is 5.69 Å². The molecule has 0 aromatic heterocycles. The first-order valence-corrected chi connectivity index (χ1v) is 7.61. The molecule has 0 aliphatic heterocycles. The Morgan fingerprint density at radius 1 is 1.11 bits per heavy atom. The van der Waals surface area contributed by atoms with E-state index in [2.05, 4.69) is 5.32 Å². The van der Waals surface area contributed by atoms with E-state index < -0.39 is 17.6 Å². The van der Waals surface area contributed by atoms with E-state index in [4.69, 9.17) is 9.47 Å². The number of carbonyl (C=O) groups excluding carboxylic acids is 1. The number of benzene rings is 2.